The predicted molar refractivity (Wildman–Crippen MR) is 128 cm³/mol. The van der Waals surface area contributed by atoms with Crippen LogP contribution in [0.1, 0.15) is 81.3 Å². The Labute approximate surface area is 191 Å². The van der Waals surface area contributed by atoms with E-state index in [9.17, 15) is 9.90 Å². The molecule has 1 N–H and O–H groups in total. The standard InChI is InChI=1S/C30H34O2/c1-30-16-15-21-22(26(30)13-14-27(30)23-9-5-6-10-28(23)31)12-11-20-17-29(32)25(18-24(20)21)19-7-3-2-4-8-19/h2-10,20,22,25-27,31H,11-18H2,1H3/t20?,22-,25?,26+,27+,30+/m1/s1. The summed E-state index contributed by atoms with van der Waals surface area (Å²) in [7, 11) is 0. The van der Waals surface area contributed by atoms with Gasteiger partial charge in [0.25, 0.3) is 0 Å². The van der Waals surface area contributed by atoms with Gasteiger partial charge in [-0.2, -0.15) is 0 Å². The van der Waals surface area contributed by atoms with Crippen LogP contribution in [-0.4, -0.2) is 10.9 Å². The van der Waals surface area contributed by atoms with E-state index in [-0.39, 0.29) is 11.3 Å². The smallest absolute Gasteiger partial charge is 0.141 e. The zero-order valence-corrected chi connectivity index (χ0v) is 19.1. The van der Waals surface area contributed by atoms with Crippen molar-refractivity contribution >= 4 is 5.78 Å². The summed E-state index contributed by atoms with van der Waals surface area (Å²) in [6, 6.07) is 18.5. The number of carbonyl (C=O) groups is 1. The minimum atomic E-state index is 0.0552. The molecule has 6 rings (SSSR count). The van der Waals surface area contributed by atoms with Gasteiger partial charge in [-0.25, -0.2) is 0 Å². The number of fused-ring (bicyclic) bond motifs is 4. The molecule has 0 amide bonds. The van der Waals surface area contributed by atoms with Gasteiger partial charge in [0.1, 0.15) is 11.5 Å². The predicted octanol–water partition coefficient (Wildman–Crippen LogP) is 7.16. The maximum atomic E-state index is 13.0. The van der Waals surface area contributed by atoms with Crippen molar-refractivity contribution in [3.63, 3.8) is 0 Å². The fourth-order valence-electron chi connectivity index (χ4n) is 8.23. The van der Waals surface area contributed by atoms with Crippen molar-refractivity contribution < 1.29 is 9.90 Å². The van der Waals surface area contributed by atoms with E-state index in [1.807, 2.05) is 18.2 Å². The maximum Gasteiger partial charge on any atom is 0.141 e. The van der Waals surface area contributed by atoms with Gasteiger partial charge in [0.05, 0.1) is 0 Å². The van der Waals surface area contributed by atoms with E-state index in [1.54, 1.807) is 11.1 Å². The van der Waals surface area contributed by atoms with E-state index in [0.29, 0.717) is 35.2 Å². The molecular weight excluding hydrogens is 392 g/mol. The molecule has 4 aliphatic carbocycles. The molecule has 0 bridgehead atoms. The van der Waals surface area contributed by atoms with Crippen molar-refractivity contribution in [1.82, 2.24) is 0 Å². The lowest BCUT2D eigenvalue weighted by molar-refractivity contribution is -0.122. The van der Waals surface area contributed by atoms with Crippen molar-refractivity contribution in [2.75, 3.05) is 0 Å². The van der Waals surface area contributed by atoms with Crippen LogP contribution in [0.15, 0.2) is 65.7 Å². The number of phenolic OH excluding ortho intramolecular Hbond substituents is 1. The zero-order chi connectivity index (χ0) is 21.9. The van der Waals surface area contributed by atoms with Crippen LogP contribution < -0.4 is 0 Å². The zero-order valence-electron chi connectivity index (χ0n) is 19.1. The number of benzene rings is 2. The first-order chi connectivity index (χ1) is 15.6. The van der Waals surface area contributed by atoms with E-state index in [4.69, 9.17) is 0 Å². The topological polar surface area (TPSA) is 37.3 Å². The van der Waals surface area contributed by atoms with Gasteiger partial charge in [0.15, 0.2) is 0 Å². The third-order valence-electron chi connectivity index (χ3n) is 9.78. The molecule has 32 heavy (non-hydrogen) atoms. The molecule has 3 saturated carbocycles. The highest BCUT2D eigenvalue weighted by Crippen LogP contribution is 2.65. The van der Waals surface area contributed by atoms with E-state index >= 15 is 0 Å². The Balaban J connectivity index is 1.33. The molecule has 2 unspecified atom stereocenters. The highest BCUT2D eigenvalue weighted by atomic mass is 16.3. The second-order valence-corrected chi connectivity index (χ2v) is 11.1. The average molecular weight is 427 g/mol. The van der Waals surface area contributed by atoms with Gasteiger partial charge in [0.2, 0.25) is 0 Å². The third kappa shape index (κ3) is 3.02. The minimum absolute atomic E-state index is 0.0552. The van der Waals surface area contributed by atoms with Gasteiger partial charge in [-0.3, -0.25) is 4.79 Å². The summed E-state index contributed by atoms with van der Waals surface area (Å²) >= 11 is 0. The summed E-state index contributed by atoms with van der Waals surface area (Å²) in [5.74, 6) is 3.32. The number of ketones is 1. The van der Waals surface area contributed by atoms with E-state index < -0.39 is 0 Å². The van der Waals surface area contributed by atoms with Crippen molar-refractivity contribution in [3.05, 3.63) is 76.9 Å². The number of Topliss-reactive ketones (excluding diaryl/α,β-unsaturated/α-hetero) is 1. The second kappa shape index (κ2) is 7.61. The molecule has 4 aliphatic rings. The van der Waals surface area contributed by atoms with Crippen LogP contribution in [0.3, 0.4) is 0 Å². The number of hydrogen-bond acceptors (Lipinski definition) is 2. The summed E-state index contributed by atoms with van der Waals surface area (Å²) in [4.78, 5) is 13.0. The Morgan fingerprint density at radius 2 is 1.66 bits per heavy atom. The molecule has 0 radical (unpaired) electrons. The van der Waals surface area contributed by atoms with Gasteiger partial charge in [0, 0.05) is 12.3 Å². The largest absolute Gasteiger partial charge is 0.508 e. The van der Waals surface area contributed by atoms with Crippen molar-refractivity contribution in [3.8, 4) is 5.75 Å². The quantitative estimate of drug-likeness (QED) is 0.518. The average Bonchev–Trinajstić information content (AvgIpc) is 3.16. The van der Waals surface area contributed by atoms with E-state index in [2.05, 4.69) is 43.3 Å². The highest BCUT2D eigenvalue weighted by Gasteiger charge is 2.55. The fourth-order valence-corrected chi connectivity index (χ4v) is 8.23. The number of hydrogen-bond donors (Lipinski definition) is 1. The Kier molecular flexibility index (Phi) is 4.82. The second-order valence-electron chi connectivity index (χ2n) is 11.1. The Bertz CT molecular complexity index is 1070. The van der Waals surface area contributed by atoms with Crippen LogP contribution in [0.5, 0.6) is 5.75 Å². The van der Waals surface area contributed by atoms with Crippen LogP contribution in [0.2, 0.25) is 0 Å². The van der Waals surface area contributed by atoms with Crippen LogP contribution in [-0.2, 0) is 4.79 Å². The van der Waals surface area contributed by atoms with Crippen molar-refractivity contribution in [2.45, 2.75) is 70.1 Å². The molecule has 2 aromatic carbocycles. The summed E-state index contributed by atoms with van der Waals surface area (Å²) in [5, 5.41) is 10.6. The molecular formula is C30H34O2. The summed E-state index contributed by atoms with van der Waals surface area (Å²) in [5.41, 5.74) is 6.02. The molecule has 166 valence electrons. The summed E-state index contributed by atoms with van der Waals surface area (Å²) < 4.78 is 0. The summed E-state index contributed by atoms with van der Waals surface area (Å²) in [6.07, 6.45) is 8.98. The lowest BCUT2D eigenvalue weighted by Gasteiger charge is -2.51. The first-order valence-corrected chi connectivity index (χ1v) is 12.6. The normalized spacial score (nSPS) is 36.4. The summed E-state index contributed by atoms with van der Waals surface area (Å²) in [6.45, 7) is 2.51. The Morgan fingerprint density at radius 3 is 2.47 bits per heavy atom. The molecule has 2 aromatic rings. The fraction of sp³-hybridized carbons (Fsp3) is 0.500. The monoisotopic (exact) mass is 426 g/mol. The number of carbonyl (C=O) groups excluding carboxylic acids is 1. The van der Waals surface area contributed by atoms with E-state index in [1.165, 1.54) is 44.1 Å². The van der Waals surface area contributed by atoms with Gasteiger partial charge in [-0.1, -0.05) is 66.6 Å². The van der Waals surface area contributed by atoms with Crippen molar-refractivity contribution in [2.24, 2.45) is 23.2 Å². The van der Waals surface area contributed by atoms with Gasteiger partial charge >= 0.3 is 0 Å². The van der Waals surface area contributed by atoms with Gasteiger partial charge < -0.3 is 5.11 Å². The number of aromatic hydroxyl groups is 1. The van der Waals surface area contributed by atoms with Crippen molar-refractivity contribution in [1.29, 1.82) is 0 Å². The third-order valence-corrected chi connectivity index (χ3v) is 9.78. The molecule has 2 nitrogen and oxygen atoms in total. The molecule has 3 fully saturated rings. The molecule has 2 heteroatoms. The lowest BCUT2D eigenvalue weighted by atomic mass is 9.54. The lowest BCUT2D eigenvalue weighted by Crippen LogP contribution is -2.41. The van der Waals surface area contributed by atoms with Crippen LogP contribution >= 0.6 is 0 Å². The first-order valence-electron chi connectivity index (χ1n) is 12.6. The molecule has 0 aliphatic heterocycles. The minimum Gasteiger partial charge on any atom is -0.508 e. The highest BCUT2D eigenvalue weighted by molar-refractivity contribution is 5.88. The van der Waals surface area contributed by atoms with Crippen LogP contribution in [0.4, 0.5) is 0 Å². The SMILES string of the molecule is C[C@]12CCC3=C4CC(c5ccccc5)C(=O)CC4CC[C@H]3[C@@H]1CC[C@H]2c1ccccc1O. The van der Waals surface area contributed by atoms with E-state index in [0.717, 1.165) is 18.4 Å². The maximum absolute atomic E-state index is 13.0. The van der Waals surface area contributed by atoms with Gasteiger partial charge in [-0.05, 0) is 91.2 Å². The van der Waals surface area contributed by atoms with Gasteiger partial charge in [-0.15, -0.1) is 0 Å². The molecule has 0 spiro atoms. The molecule has 6 atom stereocenters. The number of para-hydroxylation sites is 1. The molecule has 0 heterocycles. The first kappa shape index (κ1) is 20.3. The van der Waals surface area contributed by atoms with Crippen LogP contribution in [0.25, 0.3) is 0 Å². The Morgan fingerprint density at radius 1 is 0.875 bits per heavy atom. The Hall–Kier alpha value is -2.35. The molecule has 0 saturated heterocycles. The van der Waals surface area contributed by atoms with Crippen LogP contribution in [0, 0.1) is 23.2 Å². The number of rotatable bonds is 2. The number of allylic oxidation sites excluding steroid dienone is 2. The molecule has 0 aromatic heterocycles. The number of phenols is 1.